The summed E-state index contributed by atoms with van der Waals surface area (Å²) in [6.07, 6.45) is 0. The summed E-state index contributed by atoms with van der Waals surface area (Å²) in [6, 6.07) is 27.1. The Labute approximate surface area is 168 Å². The van der Waals surface area contributed by atoms with Gasteiger partial charge in [0, 0.05) is 16.1 Å². The average molecular weight is 388 g/mol. The molecule has 4 aromatic carbocycles. The quantitative estimate of drug-likeness (QED) is 0.470. The van der Waals surface area contributed by atoms with Crippen LogP contribution in [0.25, 0.3) is 10.8 Å². The second kappa shape index (κ2) is 7.75. The monoisotopic (exact) mass is 387 g/mol. The van der Waals surface area contributed by atoms with Gasteiger partial charge in [-0.1, -0.05) is 72.3 Å². The zero-order valence-electron chi connectivity index (χ0n) is 15.0. The lowest BCUT2D eigenvalue weighted by Crippen LogP contribution is -2.29. The molecule has 0 aliphatic heterocycles. The minimum atomic E-state index is -0.531. The van der Waals surface area contributed by atoms with Crippen molar-refractivity contribution in [1.29, 1.82) is 0 Å². The molecule has 0 saturated heterocycles. The van der Waals surface area contributed by atoms with Crippen molar-refractivity contribution in [1.82, 2.24) is 5.32 Å². The summed E-state index contributed by atoms with van der Waals surface area (Å²) in [5.41, 5.74) is 2.05. The molecule has 0 saturated carbocycles. The van der Waals surface area contributed by atoms with Gasteiger partial charge in [-0.05, 0) is 46.7 Å². The van der Waals surface area contributed by atoms with Gasteiger partial charge in [-0.15, -0.1) is 0 Å². The highest BCUT2D eigenvalue weighted by Crippen LogP contribution is 2.36. The fourth-order valence-corrected chi connectivity index (χ4v) is 3.49. The number of benzene rings is 4. The van der Waals surface area contributed by atoms with Gasteiger partial charge in [0.15, 0.2) is 0 Å². The number of phenolic OH excluding ortho intramolecular Hbond substituents is 1. The lowest BCUT2D eigenvalue weighted by molar-refractivity contribution is 0.0943. The molecular weight excluding hydrogens is 370 g/mol. The maximum absolute atomic E-state index is 12.9. The van der Waals surface area contributed by atoms with E-state index in [4.69, 9.17) is 11.6 Å². The molecule has 4 aromatic rings. The molecule has 0 aromatic heterocycles. The van der Waals surface area contributed by atoms with Crippen molar-refractivity contribution in [3.8, 4) is 5.75 Å². The van der Waals surface area contributed by atoms with Crippen LogP contribution in [0.4, 0.5) is 0 Å². The molecule has 3 nitrogen and oxygen atoms in total. The minimum absolute atomic E-state index is 0.131. The molecule has 138 valence electrons. The summed E-state index contributed by atoms with van der Waals surface area (Å²) in [4.78, 5) is 12.9. The Morgan fingerprint density at radius 1 is 0.821 bits per heavy atom. The number of rotatable bonds is 4. The third-order valence-electron chi connectivity index (χ3n) is 4.75. The van der Waals surface area contributed by atoms with Gasteiger partial charge in [-0.25, -0.2) is 0 Å². The van der Waals surface area contributed by atoms with Gasteiger partial charge in [-0.2, -0.15) is 0 Å². The highest BCUT2D eigenvalue weighted by molar-refractivity contribution is 6.30. The van der Waals surface area contributed by atoms with E-state index in [1.165, 1.54) is 0 Å². The number of hydrogen-bond donors (Lipinski definition) is 2. The first-order valence-corrected chi connectivity index (χ1v) is 9.33. The molecule has 4 rings (SSSR count). The zero-order valence-corrected chi connectivity index (χ0v) is 15.7. The molecule has 0 heterocycles. The largest absolute Gasteiger partial charge is 0.508 e. The Morgan fingerprint density at radius 2 is 1.50 bits per heavy atom. The van der Waals surface area contributed by atoms with Crippen molar-refractivity contribution >= 4 is 28.3 Å². The van der Waals surface area contributed by atoms with Crippen LogP contribution in [-0.2, 0) is 0 Å². The predicted molar refractivity (Wildman–Crippen MR) is 113 cm³/mol. The van der Waals surface area contributed by atoms with Crippen molar-refractivity contribution in [2.24, 2.45) is 0 Å². The first kappa shape index (κ1) is 18.1. The Kier molecular flexibility index (Phi) is 5.00. The fraction of sp³-hybridized carbons (Fsp3) is 0.0417. The average Bonchev–Trinajstić information content (AvgIpc) is 2.73. The van der Waals surface area contributed by atoms with Crippen molar-refractivity contribution in [2.75, 3.05) is 0 Å². The molecule has 0 unspecified atom stereocenters. The molecular formula is C24H18ClNO2. The Morgan fingerprint density at radius 3 is 2.25 bits per heavy atom. The summed E-state index contributed by atoms with van der Waals surface area (Å²) >= 11 is 6.05. The number of carbonyl (C=O) groups is 1. The number of halogens is 1. The molecule has 0 radical (unpaired) electrons. The third kappa shape index (κ3) is 3.57. The second-order valence-electron chi connectivity index (χ2n) is 6.54. The Balaban J connectivity index is 1.85. The molecule has 4 heteroatoms. The van der Waals surface area contributed by atoms with Crippen molar-refractivity contribution in [2.45, 2.75) is 6.04 Å². The number of amides is 1. The van der Waals surface area contributed by atoms with Crippen molar-refractivity contribution in [3.63, 3.8) is 0 Å². The first-order chi connectivity index (χ1) is 13.6. The van der Waals surface area contributed by atoms with Crippen LogP contribution in [0.5, 0.6) is 5.75 Å². The smallest absolute Gasteiger partial charge is 0.252 e. The number of nitrogens with one attached hydrogen (secondary N) is 1. The van der Waals surface area contributed by atoms with Crippen LogP contribution in [0.15, 0.2) is 91.0 Å². The number of aromatic hydroxyl groups is 1. The van der Waals surface area contributed by atoms with Crippen LogP contribution in [0.1, 0.15) is 27.5 Å². The van der Waals surface area contributed by atoms with Gasteiger partial charge in [0.25, 0.3) is 5.91 Å². The summed E-state index contributed by atoms with van der Waals surface area (Å²) in [5.74, 6) is -0.0834. The van der Waals surface area contributed by atoms with Crippen molar-refractivity contribution < 1.29 is 9.90 Å². The summed E-state index contributed by atoms with van der Waals surface area (Å²) in [6.45, 7) is 0. The highest BCUT2D eigenvalue weighted by atomic mass is 35.5. The summed E-state index contributed by atoms with van der Waals surface area (Å²) < 4.78 is 0. The van der Waals surface area contributed by atoms with Crippen LogP contribution in [0, 0.1) is 0 Å². The van der Waals surface area contributed by atoms with Gasteiger partial charge < -0.3 is 10.4 Å². The molecule has 0 fully saturated rings. The Bertz CT molecular complexity index is 1120. The van der Waals surface area contributed by atoms with Crippen LogP contribution >= 0.6 is 11.6 Å². The molecule has 1 amide bonds. The van der Waals surface area contributed by atoms with Gasteiger partial charge in [0.1, 0.15) is 5.75 Å². The predicted octanol–water partition coefficient (Wildman–Crippen LogP) is 5.72. The Hall–Kier alpha value is -3.30. The first-order valence-electron chi connectivity index (χ1n) is 8.95. The van der Waals surface area contributed by atoms with E-state index in [-0.39, 0.29) is 11.7 Å². The maximum atomic E-state index is 12.9. The highest BCUT2D eigenvalue weighted by Gasteiger charge is 2.23. The van der Waals surface area contributed by atoms with Crippen LogP contribution < -0.4 is 5.32 Å². The van der Waals surface area contributed by atoms with Gasteiger partial charge in [-0.3, -0.25) is 4.79 Å². The fourth-order valence-electron chi connectivity index (χ4n) is 3.37. The van der Waals surface area contributed by atoms with E-state index in [9.17, 15) is 9.90 Å². The zero-order chi connectivity index (χ0) is 19.5. The van der Waals surface area contributed by atoms with Crippen molar-refractivity contribution in [3.05, 3.63) is 113 Å². The summed E-state index contributed by atoms with van der Waals surface area (Å²) in [5, 5.41) is 16.3. The number of carbonyl (C=O) groups excluding carboxylic acids is 1. The SMILES string of the molecule is O=C(N[C@H](c1ccc(Cl)cc1)c1c(O)ccc2ccccc12)c1ccccc1. The van der Waals surface area contributed by atoms with Gasteiger partial charge in [0.05, 0.1) is 6.04 Å². The van der Waals surface area contributed by atoms with Crippen LogP contribution in [-0.4, -0.2) is 11.0 Å². The number of hydrogen-bond acceptors (Lipinski definition) is 2. The van der Waals surface area contributed by atoms with E-state index >= 15 is 0 Å². The number of fused-ring (bicyclic) bond motifs is 1. The maximum Gasteiger partial charge on any atom is 0.252 e. The molecule has 0 aliphatic carbocycles. The lowest BCUT2D eigenvalue weighted by atomic mass is 9.92. The van der Waals surface area contributed by atoms with E-state index < -0.39 is 6.04 Å². The van der Waals surface area contributed by atoms with E-state index in [2.05, 4.69) is 5.32 Å². The topological polar surface area (TPSA) is 49.3 Å². The van der Waals surface area contributed by atoms with E-state index in [0.717, 1.165) is 16.3 Å². The van der Waals surface area contributed by atoms with E-state index in [1.54, 1.807) is 30.3 Å². The number of phenols is 1. The molecule has 0 spiro atoms. The van der Waals surface area contributed by atoms with Gasteiger partial charge >= 0.3 is 0 Å². The standard InChI is InChI=1S/C24H18ClNO2/c25-19-13-10-17(11-14-19)23(26-24(28)18-7-2-1-3-8-18)22-20-9-5-4-6-16(20)12-15-21(22)27/h1-15,23,27H,(H,26,28)/t23-/m1/s1. The normalized spacial score (nSPS) is 11.9. The second-order valence-corrected chi connectivity index (χ2v) is 6.98. The van der Waals surface area contributed by atoms with Gasteiger partial charge in [0.2, 0.25) is 0 Å². The molecule has 2 N–H and O–H groups in total. The minimum Gasteiger partial charge on any atom is -0.508 e. The van der Waals surface area contributed by atoms with E-state index in [0.29, 0.717) is 16.1 Å². The molecule has 0 aliphatic rings. The molecule has 0 bridgehead atoms. The summed E-state index contributed by atoms with van der Waals surface area (Å²) in [7, 11) is 0. The van der Waals surface area contributed by atoms with E-state index in [1.807, 2.05) is 60.7 Å². The molecule has 28 heavy (non-hydrogen) atoms. The molecule has 1 atom stereocenters. The third-order valence-corrected chi connectivity index (χ3v) is 5.00. The van der Waals surface area contributed by atoms with Crippen LogP contribution in [0.2, 0.25) is 5.02 Å². The lowest BCUT2D eigenvalue weighted by Gasteiger charge is -2.23. The van der Waals surface area contributed by atoms with Crippen LogP contribution in [0.3, 0.4) is 0 Å².